The normalized spacial score (nSPS) is 13.9. The fourth-order valence-corrected chi connectivity index (χ4v) is 5.36. The van der Waals surface area contributed by atoms with Gasteiger partial charge in [0.2, 0.25) is 5.95 Å². The number of nitrogens with two attached hydrogens (primary N) is 1. The van der Waals surface area contributed by atoms with E-state index in [0.717, 1.165) is 0 Å². The van der Waals surface area contributed by atoms with Crippen molar-refractivity contribution in [3.05, 3.63) is 36.7 Å². The Morgan fingerprint density at radius 1 is 1.09 bits per heavy atom. The van der Waals surface area contributed by atoms with Gasteiger partial charge in [-0.25, -0.2) is 4.98 Å². The summed E-state index contributed by atoms with van der Waals surface area (Å²) in [5, 5.41) is 3.05. The molecule has 0 radical (unpaired) electrons. The molecule has 3 rings (SSSR count). The molecule has 1 atom stereocenters. The third-order valence-corrected chi connectivity index (χ3v) is 6.99. The van der Waals surface area contributed by atoms with Crippen molar-refractivity contribution < 1.29 is 35.6 Å². The van der Waals surface area contributed by atoms with E-state index in [1.165, 1.54) is 17.8 Å². The van der Waals surface area contributed by atoms with E-state index in [-0.39, 0.29) is 18.1 Å². The van der Waals surface area contributed by atoms with E-state index in [2.05, 4.69) is 20.3 Å². The predicted molar refractivity (Wildman–Crippen MR) is 114 cm³/mol. The van der Waals surface area contributed by atoms with Crippen LogP contribution in [0.4, 0.5) is 43.8 Å². The van der Waals surface area contributed by atoms with Gasteiger partial charge in [0.05, 0.1) is 31.3 Å². The Labute approximate surface area is 189 Å². The monoisotopic (exact) mass is 510 g/mol. The van der Waals surface area contributed by atoms with E-state index in [1.54, 1.807) is 24.3 Å². The highest BCUT2D eigenvalue weighted by molar-refractivity contribution is 7.63. The number of alkyl halides is 6. The summed E-state index contributed by atoms with van der Waals surface area (Å²) in [5.41, 5.74) is 7.10. The largest absolute Gasteiger partial charge is 0.395 e. The van der Waals surface area contributed by atoms with Crippen molar-refractivity contribution >= 4 is 35.8 Å². The van der Waals surface area contributed by atoms with Gasteiger partial charge in [-0.3, -0.25) is 0 Å². The van der Waals surface area contributed by atoms with Gasteiger partial charge in [0.1, 0.15) is 13.5 Å². The molecule has 2 aromatic heterocycles. The summed E-state index contributed by atoms with van der Waals surface area (Å²) in [4.78, 5) is 12.5. The summed E-state index contributed by atoms with van der Waals surface area (Å²) in [6, 6.07) is 9.01. The van der Waals surface area contributed by atoms with E-state index >= 15 is 0 Å². The number of para-hydroxylation sites is 1. The van der Waals surface area contributed by atoms with Gasteiger partial charge in [-0.05, 0) is 19.1 Å². The molecule has 0 aliphatic rings. The first-order valence-corrected chi connectivity index (χ1v) is 12.1. The minimum Gasteiger partial charge on any atom is -0.369 e. The summed E-state index contributed by atoms with van der Waals surface area (Å²) in [6.45, 7) is 1.38. The minimum absolute atomic E-state index is 0.0459. The fourth-order valence-electron chi connectivity index (χ4n) is 3.23. The van der Waals surface area contributed by atoms with Crippen molar-refractivity contribution in [1.29, 1.82) is 0 Å². The first-order valence-electron chi connectivity index (χ1n) is 9.86. The van der Waals surface area contributed by atoms with Gasteiger partial charge in [-0.15, -0.1) is 0 Å². The molecule has 15 heteroatoms. The number of ether oxygens (including phenoxy) is 1. The van der Waals surface area contributed by atoms with E-state index in [0.29, 0.717) is 17.0 Å². The highest BCUT2D eigenvalue weighted by Gasteiger charge is 2.46. The number of imidazole rings is 1. The summed E-state index contributed by atoms with van der Waals surface area (Å²) < 4.78 is 95.4. The zero-order valence-electron chi connectivity index (χ0n) is 17.8. The third kappa shape index (κ3) is 7.32. The third-order valence-electron chi connectivity index (χ3n) is 4.50. The number of rotatable bonds is 9. The maximum absolute atomic E-state index is 12.7. The van der Waals surface area contributed by atoms with Crippen LogP contribution in [0.3, 0.4) is 0 Å². The quantitative estimate of drug-likeness (QED) is 0.308. The lowest BCUT2D eigenvalue weighted by molar-refractivity contribution is -0.113. The smallest absolute Gasteiger partial charge is 0.369 e. The standard InChI is InChI=1S/C19H21F6N6O2P/c1-12(33-11-34(32,8-18(20,21)22)9-19(23,24)25)7-31-10-27-14-15(29-17(26)30-16(14)31)28-13-5-3-2-4-6-13/h2-6,10,12H,7-9,11H2,1H3,(H3,26,28,29,30). The van der Waals surface area contributed by atoms with Crippen molar-refractivity contribution in [3.8, 4) is 0 Å². The Morgan fingerprint density at radius 2 is 1.71 bits per heavy atom. The van der Waals surface area contributed by atoms with E-state index in [1.807, 2.05) is 6.07 Å². The van der Waals surface area contributed by atoms with Crippen LogP contribution in [-0.2, 0) is 15.8 Å². The molecular weight excluding hydrogens is 489 g/mol. The Hall–Kier alpha value is -2.86. The molecule has 0 saturated carbocycles. The van der Waals surface area contributed by atoms with Gasteiger partial charge in [-0.1, -0.05) is 18.2 Å². The molecule has 1 aromatic carbocycles. The van der Waals surface area contributed by atoms with Crippen molar-refractivity contribution in [3.63, 3.8) is 0 Å². The lowest BCUT2D eigenvalue weighted by Crippen LogP contribution is -2.26. The molecule has 186 valence electrons. The lowest BCUT2D eigenvalue weighted by Gasteiger charge is -2.23. The lowest BCUT2D eigenvalue weighted by atomic mass is 10.3. The van der Waals surface area contributed by atoms with Gasteiger partial charge in [0.25, 0.3) is 0 Å². The SMILES string of the molecule is CC(Cn1cnc2c(Nc3ccccc3)nc(N)nc21)OCP(=O)(CC(F)(F)F)CC(F)(F)F. The Morgan fingerprint density at radius 3 is 2.29 bits per heavy atom. The molecule has 0 bridgehead atoms. The number of nitrogen functional groups attached to an aromatic ring is 1. The molecule has 3 aromatic rings. The van der Waals surface area contributed by atoms with E-state index < -0.39 is 44.3 Å². The maximum atomic E-state index is 12.7. The average molecular weight is 510 g/mol. The number of hydrogen-bond donors (Lipinski definition) is 2. The number of halogens is 6. The summed E-state index contributed by atoms with van der Waals surface area (Å²) in [6.07, 6.45) is -14.9. The van der Waals surface area contributed by atoms with Gasteiger partial charge in [0, 0.05) is 5.69 Å². The van der Waals surface area contributed by atoms with Crippen LogP contribution in [0, 0.1) is 0 Å². The second kappa shape index (κ2) is 9.79. The van der Waals surface area contributed by atoms with Gasteiger partial charge in [0.15, 0.2) is 17.0 Å². The van der Waals surface area contributed by atoms with Crippen LogP contribution in [0.2, 0.25) is 0 Å². The number of anilines is 3. The molecule has 2 heterocycles. The number of aromatic nitrogens is 4. The summed E-state index contributed by atoms with van der Waals surface area (Å²) in [5.74, 6) is 0.224. The molecule has 0 aliphatic heterocycles. The Balaban J connectivity index is 1.75. The first kappa shape index (κ1) is 25.8. The molecule has 34 heavy (non-hydrogen) atoms. The predicted octanol–water partition coefficient (Wildman–Crippen LogP) is 5.00. The number of nitrogens with zero attached hydrogens (tertiary/aromatic N) is 4. The van der Waals surface area contributed by atoms with Crippen LogP contribution in [0.1, 0.15) is 6.92 Å². The van der Waals surface area contributed by atoms with Crippen LogP contribution < -0.4 is 11.1 Å². The fraction of sp³-hybridized carbons (Fsp3) is 0.421. The molecule has 0 spiro atoms. The Kier molecular flexibility index (Phi) is 7.41. The second-order valence-electron chi connectivity index (χ2n) is 7.70. The van der Waals surface area contributed by atoms with Crippen LogP contribution in [0.25, 0.3) is 11.2 Å². The summed E-state index contributed by atoms with van der Waals surface area (Å²) in [7, 11) is -4.76. The molecule has 3 N–H and O–H groups in total. The zero-order chi connectivity index (χ0) is 25.1. The van der Waals surface area contributed by atoms with Gasteiger partial charge in [-0.2, -0.15) is 36.3 Å². The zero-order valence-corrected chi connectivity index (χ0v) is 18.7. The van der Waals surface area contributed by atoms with Crippen molar-refractivity contribution in [2.75, 3.05) is 29.7 Å². The van der Waals surface area contributed by atoms with Crippen LogP contribution >= 0.6 is 7.14 Å². The van der Waals surface area contributed by atoms with Crippen LogP contribution in [0.15, 0.2) is 36.7 Å². The van der Waals surface area contributed by atoms with E-state index in [9.17, 15) is 30.9 Å². The number of hydrogen-bond acceptors (Lipinski definition) is 7. The van der Waals surface area contributed by atoms with Crippen LogP contribution in [0.5, 0.6) is 0 Å². The maximum Gasteiger partial charge on any atom is 0.395 e. The molecule has 0 aliphatic carbocycles. The minimum atomic E-state index is -5.02. The summed E-state index contributed by atoms with van der Waals surface area (Å²) >= 11 is 0. The molecule has 8 nitrogen and oxygen atoms in total. The topological polar surface area (TPSA) is 108 Å². The molecule has 0 amide bonds. The molecule has 1 unspecified atom stereocenters. The van der Waals surface area contributed by atoms with Gasteiger partial charge < -0.3 is 24.9 Å². The second-order valence-corrected chi connectivity index (χ2v) is 10.7. The van der Waals surface area contributed by atoms with E-state index in [4.69, 9.17) is 10.5 Å². The average Bonchev–Trinajstić information content (AvgIpc) is 3.07. The van der Waals surface area contributed by atoms with Crippen molar-refractivity contribution in [1.82, 2.24) is 19.5 Å². The Bertz CT molecular complexity index is 1150. The van der Waals surface area contributed by atoms with Gasteiger partial charge >= 0.3 is 12.4 Å². The van der Waals surface area contributed by atoms with Crippen LogP contribution in [-0.4, -0.2) is 56.6 Å². The number of fused-ring (bicyclic) bond motifs is 1. The molecule has 0 fully saturated rings. The number of nitrogens with one attached hydrogen (secondary N) is 1. The van der Waals surface area contributed by atoms with Crippen molar-refractivity contribution in [2.24, 2.45) is 0 Å². The van der Waals surface area contributed by atoms with Crippen molar-refractivity contribution in [2.45, 2.75) is 31.9 Å². The first-order chi connectivity index (χ1) is 15.7. The number of benzene rings is 1. The highest BCUT2D eigenvalue weighted by Crippen LogP contribution is 2.53. The highest BCUT2D eigenvalue weighted by atomic mass is 31.2. The molecular formula is C19H21F6N6O2P. The molecule has 0 saturated heterocycles.